The van der Waals surface area contributed by atoms with Gasteiger partial charge in [-0.15, -0.1) is 0 Å². The van der Waals surface area contributed by atoms with E-state index in [4.69, 9.17) is 0 Å². The van der Waals surface area contributed by atoms with Crippen LogP contribution in [0.4, 0.5) is 17.1 Å². The van der Waals surface area contributed by atoms with E-state index >= 15 is 0 Å². The van der Waals surface area contributed by atoms with Crippen LogP contribution >= 0.6 is 0 Å². The first-order chi connectivity index (χ1) is 9.95. The minimum Gasteiger partial charge on any atom is -0.382 e. The van der Waals surface area contributed by atoms with Gasteiger partial charge in [0.2, 0.25) is 0 Å². The third-order valence-electron chi connectivity index (χ3n) is 2.86. The van der Waals surface area contributed by atoms with Gasteiger partial charge in [-0.25, -0.2) is 0 Å². The zero-order chi connectivity index (χ0) is 15.6. The molecule has 2 aromatic rings. The number of nitro groups is 2. The number of pyridine rings is 1. The van der Waals surface area contributed by atoms with Crippen molar-refractivity contribution in [1.82, 2.24) is 4.57 Å². The number of hydrogen-bond acceptors (Lipinski definition) is 6. The van der Waals surface area contributed by atoms with E-state index in [1.165, 1.54) is 43.6 Å². The molecule has 1 aromatic heterocycles. The molecular weight excluding hydrogens is 280 g/mol. The van der Waals surface area contributed by atoms with Crippen LogP contribution in [0.5, 0.6) is 0 Å². The molecule has 0 aliphatic rings. The van der Waals surface area contributed by atoms with Crippen LogP contribution in [-0.2, 0) is 0 Å². The zero-order valence-corrected chi connectivity index (χ0v) is 10.8. The van der Waals surface area contributed by atoms with Gasteiger partial charge in [-0.2, -0.15) is 0 Å². The Morgan fingerprint density at radius 1 is 1.05 bits per heavy atom. The number of nitro benzene ring substituents is 1. The molecule has 9 nitrogen and oxygen atoms in total. The highest BCUT2D eigenvalue weighted by molar-refractivity contribution is 5.60. The molecule has 0 bridgehead atoms. The summed E-state index contributed by atoms with van der Waals surface area (Å²) in [6.07, 6.45) is 1.36. The Morgan fingerprint density at radius 3 is 2.14 bits per heavy atom. The van der Waals surface area contributed by atoms with Crippen molar-refractivity contribution in [2.45, 2.75) is 0 Å². The fourth-order valence-corrected chi connectivity index (χ4v) is 1.84. The molecule has 1 heterocycles. The van der Waals surface area contributed by atoms with Crippen LogP contribution in [0.1, 0.15) is 0 Å². The lowest BCUT2D eigenvalue weighted by Gasteiger charge is -2.07. The number of benzene rings is 1. The Kier molecular flexibility index (Phi) is 3.65. The van der Waals surface area contributed by atoms with Crippen LogP contribution < -0.4 is 10.9 Å². The Hall–Kier alpha value is -3.23. The Balaban J connectivity index is 2.60. The van der Waals surface area contributed by atoms with Crippen molar-refractivity contribution < 1.29 is 9.85 Å². The maximum atomic E-state index is 12.2. The molecule has 21 heavy (non-hydrogen) atoms. The summed E-state index contributed by atoms with van der Waals surface area (Å²) in [6.45, 7) is 0. The number of nitrogens with zero attached hydrogens (tertiary/aromatic N) is 3. The van der Waals surface area contributed by atoms with Crippen LogP contribution in [-0.4, -0.2) is 21.5 Å². The van der Waals surface area contributed by atoms with Crippen molar-refractivity contribution in [1.29, 1.82) is 0 Å². The second-order valence-electron chi connectivity index (χ2n) is 4.03. The quantitative estimate of drug-likeness (QED) is 0.675. The average Bonchev–Trinajstić information content (AvgIpc) is 2.46. The normalized spacial score (nSPS) is 10.1. The van der Waals surface area contributed by atoms with Gasteiger partial charge < -0.3 is 5.32 Å². The van der Waals surface area contributed by atoms with E-state index in [2.05, 4.69) is 5.32 Å². The number of non-ortho nitro benzene ring substituents is 1. The molecule has 1 N–H and O–H groups in total. The first kappa shape index (κ1) is 14.2. The van der Waals surface area contributed by atoms with Gasteiger partial charge in [-0.1, -0.05) is 0 Å². The smallest absolute Gasteiger partial charge is 0.357 e. The minimum absolute atomic E-state index is 0.100. The molecule has 1 aromatic carbocycles. The Bertz CT molecular complexity index is 766. The van der Waals surface area contributed by atoms with Crippen LogP contribution in [0.2, 0.25) is 0 Å². The Labute approximate surface area is 117 Å². The molecular formula is C12H10N4O5. The molecule has 0 atom stereocenters. The summed E-state index contributed by atoms with van der Waals surface area (Å²) >= 11 is 0. The van der Waals surface area contributed by atoms with Gasteiger partial charge >= 0.3 is 11.2 Å². The fraction of sp³-hybridized carbons (Fsp3) is 0.0833. The number of aromatic nitrogens is 1. The number of nitrogens with one attached hydrogen (secondary N) is 1. The largest absolute Gasteiger partial charge is 0.382 e. The van der Waals surface area contributed by atoms with Crippen LogP contribution in [0.25, 0.3) is 5.69 Å². The van der Waals surface area contributed by atoms with Crippen LogP contribution in [0.15, 0.2) is 41.3 Å². The predicted octanol–water partition coefficient (Wildman–Crippen LogP) is 1.70. The van der Waals surface area contributed by atoms with Crippen LogP contribution in [0, 0.1) is 20.2 Å². The standard InChI is InChI=1S/C12H10N4O5/c1-13-10-6-7-14(12(17)11(10)16(20)21)8-2-4-9(5-3-8)15(18)19/h2-7,13H,1H3. The maximum Gasteiger partial charge on any atom is 0.357 e. The monoisotopic (exact) mass is 290 g/mol. The predicted molar refractivity (Wildman–Crippen MR) is 74.9 cm³/mol. The highest BCUT2D eigenvalue weighted by Crippen LogP contribution is 2.20. The van der Waals surface area contributed by atoms with Gasteiger partial charge in [0.1, 0.15) is 5.69 Å². The summed E-state index contributed by atoms with van der Waals surface area (Å²) in [4.78, 5) is 32.4. The highest BCUT2D eigenvalue weighted by atomic mass is 16.6. The molecule has 2 rings (SSSR count). The van der Waals surface area contributed by atoms with E-state index in [1.807, 2.05) is 0 Å². The van der Waals surface area contributed by atoms with E-state index < -0.39 is 21.1 Å². The Morgan fingerprint density at radius 2 is 1.67 bits per heavy atom. The SMILES string of the molecule is CNc1ccn(-c2ccc([N+](=O)[O-])cc2)c(=O)c1[N+](=O)[O-]. The second-order valence-corrected chi connectivity index (χ2v) is 4.03. The highest BCUT2D eigenvalue weighted by Gasteiger charge is 2.21. The molecule has 0 fully saturated rings. The zero-order valence-electron chi connectivity index (χ0n) is 10.8. The van der Waals surface area contributed by atoms with Gasteiger partial charge in [0, 0.05) is 31.1 Å². The molecule has 0 saturated carbocycles. The molecule has 0 amide bonds. The molecule has 0 unspecified atom stereocenters. The van der Waals surface area contributed by atoms with Crippen molar-refractivity contribution >= 4 is 17.1 Å². The van der Waals surface area contributed by atoms with Gasteiger partial charge in [0.15, 0.2) is 0 Å². The minimum atomic E-state index is -0.819. The summed E-state index contributed by atoms with van der Waals surface area (Å²) in [5, 5.41) is 24.1. The molecule has 0 spiro atoms. The van der Waals surface area contributed by atoms with Crippen molar-refractivity contribution in [3.8, 4) is 5.69 Å². The molecule has 9 heteroatoms. The van der Waals surface area contributed by atoms with Crippen molar-refractivity contribution in [3.05, 3.63) is 67.1 Å². The maximum absolute atomic E-state index is 12.2. The average molecular weight is 290 g/mol. The van der Waals surface area contributed by atoms with E-state index in [9.17, 15) is 25.0 Å². The van der Waals surface area contributed by atoms with E-state index in [-0.39, 0.29) is 11.4 Å². The number of rotatable bonds is 4. The van der Waals surface area contributed by atoms with E-state index in [0.717, 1.165) is 4.57 Å². The molecule has 0 radical (unpaired) electrons. The lowest BCUT2D eigenvalue weighted by atomic mass is 10.2. The summed E-state index contributed by atoms with van der Waals surface area (Å²) in [5.41, 5.74) is -1.13. The molecule has 0 aliphatic heterocycles. The number of hydrogen-bond donors (Lipinski definition) is 1. The summed E-state index contributed by atoms with van der Waals surface area (Å²) in [5.74, 6) is 0. The summed E-state index contributed by atoms with van der Waals surface area (Å²) in [6, 6.07) is 6.53. The van der Waals surface area contributed by atoms with Gasteiger partial charge in [0.05, 0.1) is 9.85 Å². The van der Waals surface area contributed by atoms with Crippen molar-refractivity contribution in [2.75, 3.05) is 12.4 Å². The van der Waals surface area contributed by atoms with Crippen LogP contribution in [0.3, 0.4) is 0 Å². The lowest BCUT2D eigenvalue weighted by Crippen LogP contribution is -2.21. The topological polar surface area (TPSA) is 120 Å². The van der Waals surface area contributed by atoms with Gasteiger partial charge in [-0.3, -0.25) is 29.6 Å². The first-order valence-corrected chi connectivity index (χ1v) is 5.78. The van der Waals surface area contributed by atoms with Gasteiger partial charge in [-0.05, 0) is 18.2 Å². The first-order valence-electron chi connectivity index (χ1n) is 5.78. The third kappa shape index (κ3) is 2.56. The fourth-order valence-electron chi connectivity index (χ4n) is 1.84. The lowest BCUT2D eigenvalue weighted by molar-refractivity contribution is -0.385. The number of anilines is 1. The van der Waals surface area contributed by atoms with E-state index in [0.29, 0.717) is 5.69 Å². The summed E-state index contributed by atoms with van der Waals surface area (Å²) < 4.78 is 1.06. The van der Waals surface area contributed by atoms with Gasteiger partial charge in [0.25, 0.3) is 5.69 Å². The van der Waals surface area contributed by atoms with Crippen molar-refractivity contribution in [2.24, 2.45) is 0 Å². The molecule has 0 aliphatic carbocycles. The third-order valence-corrected chi connectivity index (χ3v) is 2.86. The summed E-state index contributed by atoms with van der Waals surface area (Å²) in [7, 11) is 1.47. The van der Waals surface area contributed by atoms with E-state index in [1.54, 1.807) is 0 Å². The van der Waals surface area contributed by atoms with Crippen molar-refractivity contribution in [3.63, 3.8) is 0 Å². The second kappa shape index (κ2) is 5.41. The molecule has 108 valence electrons. The molecule has 0 saturated heterocycles.